The van der Waals surface area contributed by atoms with Crippen molar-refractivity contribution in [2.45, 2.75) is 32.2 Å². The summed E-state index contributed by atoms with van der Waals surface area (Å²) in [6, 6.07) is 6.27. The summed E-state index contributed by atoms with van der Waals surface area (Å²) in [6.45, 7) is 6.21. The summed E-state index contributed by atoms with van der Waals surface area (Å²) in [5, 5.41) is 4.37. The summed E-state index contributed by atoms with van der Waals surface area (Å²) >= 11 is 0. The van der Waals surface area contributed by atoms with Crippen LogP contribution in [0.2, 0.25) is 0 Å². The predicted molar refractivity (Wildman–Crippen MR) is 95.1 cm³/mol. The minimum Gasteiger partial charge on any atom is -0.497 e. The number of nitrogens with zero attached hydrogens (tertiary/aromatic N) is 2. The highest BCUT2D eigenvalue weighted by molar-refractivity contribution is 5.83. The van der Waals surface area contributed by atoms with Crippen LogP contribution in [0.5, 0.6) is 5.75 Å². The van der Waals surface area contributed by atoms with E-state index in [1.54, 1.807) is 7.11 Å². The molecular weight excluding hydrogens is 305 g/mol. The largest absolute Gasteiger partial charge is 0.497 e. The first-order chi connectivity index (χ1) is 11.7. The molecule has 1 aliphatic heterocycles. The Balaban J connectivity index is 1.70. The second-order valence-electron chi connectivity index (χ2n) is 6.39. The smallest absolute Gasteiger partial charge is 0.145 e. The number of nitrogens with one attached hydrogen (secondary N) is 1. The van der Waals surface area contributed by atoms with Gasteiger partial charge in [-0.3, -0.25) is 4.98 Å². The van der Waals surface area contributed by atoms with Crippen molar-refractivity contribution in [1.29, 1.82) is 0 Å². The maximum Gasteiger partial charge on any atom is 0.145 e. The topological polar surface area (TPSA) is 37.4 Å². The minimum atomic E-state index is -0.224. The van der Waals surface area contributed by atoms with Gasteiger partial charge in [0.05, 0.1) is 18.8 Å². The number of piperidine rings is 1. The number of ether oxygens (including phenoxy) is 1. The molecule has 0 atom stereocenters. The highest BCUT2D eigenvalue weighted by Crippen LogP contribution is 2.25. The molecule has 1 fully saturated rings. The van der Waals surface area contributed by atoms with Gasteiger partial charge in [0.15, 0.2) is 0 Å². The zero-order valence-corrected chi connectivity index (χ0v) is 14.5. The zero-order valence-electron chi connectivity index (χ0n) is 14.5. The predicted octanol–water partition coefficient (Wildman–Crippen LogP) is 3.00. The summed E-state index contributed by atoms with van der Waals surface area (Å²) < 4.78 is 19.6. The lowest BCUT2D eigenvalue weighted by Gasteiger charge is -2.32. The van der Waals surface area contributed by atoms with Crippen LogP contribution in [-0.4, -0.2) is 49.2 Å². The third-order valence-corrected chi connectivity index (χ3v) is 4.89. The first-order valence-electron chi connectivity index (χ1n) is 8.78. The Labute approximate surface area is 143 Å². The van der Waals surface area contributed by atoms with Gasteiger partial charge in [0.2, 0.25) is 0 Å². The molecule has 0 amide bonds. The molecule has 2 heterocycles. The quantitative estimate of drug-likeness (QED) is 0.883. The van der Waals surface area contributed by atoms with Gasteiger partial charge < -0.3 is 15.0 Å². The van der Waals surface area contributed by atoms with Gasteiger partial charge in [-0.25, -0.2) is 4.39 Å². The molecular formula is C19H26FN3O. The van der Waals surface area contributed by atoms with Crippen molar-refractivity contribution in [2.24, 2.45) is 0 Å². The number of methoxy groups -OCH3 is 1. The van der Waals surface area contributed by atoms with E-state index in [2.05, 4.69) is 22.1 Å². The molecule has 1 aromatic carbocycles. The molecule has 24 heavy (non-hydrogen) atoms. The monoisotopic (exact) mass is 331 g/mol. The molecule has 3 rings (SSSR count). The van der Waals surface area contributed by atoms with Crippen molar-refractivity contribution in [3.05, 3.63) is 35.8 Å². The molecule has 2 aromatic rings. The molecule has 130 valence electrons. The van der Waals surface area contributed by atoms with E-state index in [-0.39, 0.29) is 5.82 Å². The van der Waals surface area contributed by atoms with Crippen LogP contribution in [0.1, 0.15) is 25.3 Å². The maximum absolute atomic E-state index is 14.3. The molecule has 1 saturated heterocycles. The molecule has 0 radical (unpaired) electrons. The van der Waals surface area contributed by atoms with Crippen LogP contribution in [0.3, 0.4) is 0 Å². The Morgan fingerprint density at radius 3 is 2.83 bits per heavy atom. The highest BCUT2D eigenvalue weighted by Gasteiger charge is 2.19. The number of hydrogen-bond donors (Lipinski definition) is 1. The maximum atomic E-state index is 14.3. The molecule has 0 aliphatic carbocycles. The van der Waals surface area contributed by atoms with E-state index in [1.807, 2.05) is 18.2 Å². The number of hydrogen-bond acceptors (Lipinski definition) is 4. The number of likely N-dealkylation sites (tertiary alicyclic amines) is 1. The first kappa shape index (κ1) is 17.1. The fourth-order valence-corrected chi connectivity index (χ4v) is 3.50. The van der Waals surface area contributed by atoms with Gasteiger partial charge in [0.1, 0.15) is 11.6 Å². The normalized spacial score (nSPS) is 16.6. The second-order valence-corrected chi connectivity index (χ2v) is 6.39. The average molecular weight is 331 g/mol. The minimum absolute atomic E-state index is 0.224. The first-order valence-corrected chi connectivity index (χ1v) is 8.78. The second kappa shape index (κ2) is 7.90. The van der Waals surface area contributed by atoms with Gasteiger partial charge in [-0.2, -0.15) is 0 Å². The van der Waals surface area contributed by atoms with Crippen LogP contribution in [-0.2, 0) is 6.42 Å². The summed E-state index contributed by atoms with van der Waals surface area (Å²) in [5.41, 5.74) is 1.56. The summed E-state index contributed by atoms with van der Waals surface area (Å²) in [7, 11) is 1.63. The van der Waals surface area contributed by atoms with Crippen molar-refractivity contribution in [3.8, 4) is 5.75 Å². The molecule has 0 unspecified atom stereocenters. The lowest BCUT2D eigenvalue weighted by Crippen LogP contribution is -2.43. The molecule has 1 N–H and O–H groups in total. The van der Waals surface area contributed by atoms with Gasteiger partial charge in [-0.1, -0.05) is 6.92 Å². The van der Waals surface area contributed by atoms with Gasteiger partial charge in [-0.05, 0) is 57.1 Å². The summed E-state index contributed by atoms with van der Waals surface area (Å²) in [5.74, 6) is 0.515. The third kappa shape index (κ3) is 3.84. The van der Waals surface area contributed by atoms with Crippen LogP contribution in [0.25, 0.3) is 10.9 Å². The molecule has 0 saturated carbocycles. The van der Waals surface area contributed by atoms with E-state index >= 15 is 0 Å². The summed E-state index contributed by atoms with van der Waals surface area (Å²) in [4.78, 5) is 6.62. The van der Waals surface area contributed by atoms with Gasteiger partial charge >= 0.3 is 0 Å². The van der Waals surface area contributed by atoms with E-state index in [9.17, 15) is 4.39 Å². The van der Waals surface area contributed by atoms with Crippen molar-refractivity contribution in [2.75, 3.05) is 33.3 Å². The molecule has 5 heteroatoms. The van der Waals surface area contributed by atoms with Crippen LogP contribution in [0.15, 0.2) is 24.4 Å². The molecule has 0 bridgehead atoms. The standard InChI is InChI=1S/C19H26FN3O/c1-3-21-14-6-9-23(10-7-14)11-8-16-17-12-15(24-2)4-5-19(17)22-13-18(16)20/h4-5,12-14,21H,3,6-11H2,1-2H3. The van der Waals surface area contributed by atoms with Crippen LogP contribution >= 0.6 is 0 Å². The van der Waals surface area contributed by atoms with Crippen molar-refractivity contribution >= 4 is 10.9 Å². The number of aromatic nitrogens is 1. The van der Waals surface area contributed by atoms with E-state index in [1.165, 1.54) is 19.0 Å². The Morgan fingerprint density at radius 1 is 1.33 bits per heavy atom. The molecule has 1 aromatic heterocycles. The average Bonchev–Trinajstić information content (AvgIpc) is 2.62. The third-order valence-electron chi connectivity index (χ3n) is 4.89. The fourth-order valence-electron chi connectivity index (χ4n) is 3.50. The molecule has 1 aliphatic rings. The fraction of sp³-hybridized carbons (Fsp3) is 0.526. The van der Waals surface area contributed by atoms with Crippen LogP contribution in [0.4, 0.5) is 4.39 Å². The zero-order chi connectivity index (χ0) is 16.9. The lowest BCUT2D eigenvalue weighted by molar-refractivity contribution is 0.200. The van der Waals surface area contributed by atoms with E-state index in [4.69, 9.17) is 4.74 Å². The van der Waals surface area contributed by atoms with Crippen molar-refractivity contribution in [3.63, 3.8) is 0 Å². The van der Waals surface area contributed by atoms with E-state index < -0.39 is 0 Å². The van der Waals surface area contributed by atoms with Crippen LogP contribution in [0, 0.1) is 5.82 Å². The van der Waals surface area contributed by atoms with Gasteiger partial charge in [-0.15, -0.1) is 0 Å². The summed E-state index contributed by atoms with van der Waals surface area (Å²) in [6.07, 6.45) is 4.37. The van der Waals surface area contributed by atoms with Gasteiger partial charge in [0, 0.05) is 23.5 Å². The number of halogens is 1. The van der Waals surface area contributed by atoms with Crippen LogP contribution < -0.4 is 10.1 Å². The number of pyridine rings is 1. The van der Waals surface area contributed by atoms with Crippen molar-refractivity contribution in [1.82, 2.24) is 15.2 Å². The SMILES string of the molecule is CCNC1CCN(CCc2c(F)cnc3ccc(OC)cc23)CC1. The van der Waals surface area contributed by atoms with Crippen molar-refractivity contribution < 1.29 is 9.13 Å². The number of benzene rings is 1. The Morgan fingerprint density at radius 2 is 2.12 bits per heavy atom. The molecule has 4 nitrogen and oxygen atoms in total. The Bertz CT molecular complexity index is 684. The Hall–Kier alpha value is -1.72. The molecule has 0 spiro atoms. The lowest BCUT2D eigenvalue weighted by atomic mass is 10.0. The number of fused-ring (bicyclic) bond motifs is 1. The van der Waals surface area contributed by atoms with E-state index in [0.29, 0.717) is 12.5 Å². The Kier molecular flexibility index (Phi) is 5.63. The van der Waals surface area contributed by atoms with Gasteiger partial charge in [0.25, 0.3) is 0 Å². The number of rotatable bonds is 6. The highest BCUT2D eigenvalue weighted by atomic mass is 19.1. The van der Waals surface area contributed by atoms with E-state index in [0.717, 1.165) is 48.4 Å².